The van der Waals surface area contributed by atoms with Crippen LogP contribution in [0.15, 0.2) is 72.3 Å². The Morgan fingerprint density at radius 1 is 1.03 bits per heavy atom. The molecule has 1 aliphatic heterocycles. The van der Waals surface area contributed by atoms with Crippen LogP contribution in [0.5, 0.6) is 0 Å². The van der Waals surface area contributed by atoms with Gasteiger partial charge in [0.15, 0.2) is 5.13 Å². The Morgan fingerprint density at radius 2 is 1.73 bits per heavy atom. The van der Waals surface area contributed by atoms with Crippen molar-refractivity contribution in [2.45, 2.75) is 19.9 Å². The molecule has 164 valence electrons. The number of hydrogen-bond acceptors (Lipinski definition) is 5. The summed E-state index contributed by atoms with van der Waals surface area (Å²) >= 11 is 1.30. The summed E-state index contributed by atoms with van der Waals surface area (Å²) in [6, 6.07) is 17.2. The van der Waals surface area contributed by atoms with Crippen molar-refractivity contribution in [3.8, 4) is 0 Å². The minimum atomic E-state index is -0.937. The van der Waals surface area contributed by atoms with Gasteiger partial charge in [-0.2, -0.15) is 0 Å². The Morgan fingerprint density at radius 3 is 2.42 bits per heavy atom. The van der Waals surface area contributed by atoms with Crippen LogP contribution < -0.4 is 4.90 Å². The summed E-state index contributed by atoms with van der Waals surface area (Å²) in [6.07, 6.45) is 0. The number of Topliss-reactive ketones (excluding diaryl/α,β-unsaturated/α-hetero) is 1. The molecule has 5 nitrogen and oxygen atoms in total. The summed E-state index contributed by atoms with van der Waals surface area (Å²) in [4.78, 5) is 32.4. The molecule has 1 saturated heterocycles. The van der Waals surface area contributed by atoms with Crippen molar-refractivity contribution in [2.75, 3.05) is 4.90 Å². The van der Waals surface area contributed by atoms with Crippen LogP contribution in [0.4, 0.5) is 9.52 Å². The largest absolute Gasteiger partial charge is 0.507 e. The highest BCUT2D eigenvalue weighted by Crippen LogP contribution is 2.44. The number of thiazole rings is 1. The second kappa shape index (κ2) is 7.94. The number of aliphatic hydroxyl groups excluding tert-OH is 1. The van der Waals surface area contributed by atoms with Crippen molar-refractivity contribution >= 4 is 44.1 Å². The Hall–Kier alpha value is -3.84. The molecule has 4 aromatic rings. The first-order chi connectivity index (χ1) is 15.8. The molecule has 0 spiro atoms. The van der Waals surface area contributed by atoms with Gasteiger partial charge in [0.25, 0.3) is 5.78 Å². The molecule has 3 aromatic carbocycles. The quantitative estimate of drug-likeness (QED) is 0.244. The lowest BCUT2D eigenvalue weighted by Crippen LogP contribution is -2.29. The minimum absolute atomic E-state index is 0.0510. The highest BCUT2D eigenvalue weighted by molar-refractivity contribution is 7.22. The molecule has 7 heteroatoms. The average Bonchev–Trinajstić information content (AvgIpc) is 3.33. The summed E-state index contributed by atoms with van der Waals surface area (Å²) in [5.74, 6) is -2.31. The van der Waals surface area contributed by atoms with Crippen molar-refractivity contribution in [3.05, 3.63) is 100 Å². The summed E-state index contributed by atoms with van der Waals surface area (Å²) in [5, 5.41) is 11.4. The van der Waals surface area contributed by atoms with Crippen molar-refractivity contribution in [2.24, 2.45) is 0 Å². The van der Waals surface area contributed by atoms with Gasteiger partial charge in [0.05, 0.1) is 21.8 Å². The maximum absolute atomic E-state index is 13.7. The van der Waals surface area contributed by atoms with E-state index in [0.717, 1.165) is 21.3 Å². The number of aryl methyl sites for hydroxylation is 2. The van der Waals surface area contributed by atoms with Crippen LogP contribution in [0, 0.1) is 19.7 Å². The van der Waals surface area contributed by atoms with Gasteiger partial charge in [0.2, 0.25) is 0 Å². The Balaban J connectivity index is 1.75. The van der Waals surface area contributed by atoms with Gasteiger partial charge in [0, 0.05) is 5.56 Å². The maximum atomic E-state index is 13.7. The van der Waals surface area contributed by atoms with Gasteiger partial charge >= 0.3 is 5.91 Å². The van der Waals surface area contributed by atoms with Crippen LogP contribution in [0.2, 0.25) is 0 Å². The predicted octanol–water partition coefficient (Wildman–Crippen LogP) is 5.68. The fraction of sp³-hybridized carbons (Fsp3) is 0.115. The fourth-order valence-corrected chi connectivity index (χ4v) is 5.37. The molecule has 5 rings (SSSR count). The molecule has 1 atom stereocenters. The lowest BCUT2D eigenvalue weighted by Gasteiger charge is -2.23. The van der Waals surface area contributed by atoms with E-state index < -0.39 is 23.5 Å². The number of halogens is 1. The van der Waals surface area contributed by atoms with Crippen LogP contribution in [-0.4, -0.2) is 21.8 Å². The highest BCUT2D eigenvalue weighted by Gasteiger charge is 2.48. The third kappa shape index (κ3) is 3.50. The van der Waals surface area contributed by atoms with Crippen molar-refractivity contribution in [3.63, 3.8) is 0 Å². The fourth-order valence-electron chi connectivity index (χ4n) is 4.20. The van der Waals surface area contributed by atoms with Gasteiger partial charge in [-0.3, -0.25) is 14.5 Å². The number of fused-ring (bicyclic) bond motifs is 1. The molecule has 1 amide bonds. The molecule has 1 N–H and O–H groups in total. The third-order valence-corrected chi connectivity index (χ3v) is 6.70. The zero-order valence-electron chi connectivity index (χ0n) is 17.9. The van der Waals surface area contributed by atoms with Gasteiger partial charge in [-0.1, -0.05) is 59.9 Å². The van der Waals surface area contributed by atoms with Crippen LogP contribution in [-0.2, 0) is 9.59 Å². The van der Waals surface area contributed by atoms with E-state index in [4.69, 9.17) is 0 Å². The normalized spacial score (nSPS) is 17.8. The number of nitrogens with zero attached hydrogens (tertiary/aromatic N) is 2. The van der Waals surface area contributed by atoms with E-state index in [-0.39, 0.29) is 11.3 Å². The molecule has 1 fully saturated rings. The van der Waals surface area contributed by atoms with Crippen LogP contribution in [0.25, 0.3) is 16.0 Å². The summed E-state index contributed by atoms with van der Waals surface area (Å²) in [5.41, 5.74) is 3.65. The second-order valence-corrected chi connectivity index (χ2v) is 9.02. The molecule has 0 bridgehead atoms. The van der Waals surface area contributed by atoms with E-state index in [9.17, 15) is 19.1 Å². The van der Waals surface area contributed by atoms with Crippen LogP contribution in [0.3, 0.4) is 0 Å². The summed E-state index contributed by atoms with van der Waals surface area (Å²) < 4.78 is 14.6. The number of carbonyl (C=O) groups is 2. The van der Waals surface area contributed by atoms with E-state index in [0.29, 0.717) is 16.3 Å². The van der Waals surface area contributed by atoms with E-state index >= 15 is 0 Å². The monoisotopic (exact) mass is 458 g/mol. The number of rotatable bonds is 3. The summed E-state index contributed by atoms with van der Waals surface area (Å²) in [7, 11) is 0. The molecule has 33 heavy (non-hydrogen) atoms. The lowest BCUT2D eigenvalue weighted by molar-refractivity contribution is -0.132. The SMILES string of the molecule is Cc1cc(C)c2nc(N3C(=O)C(=O)/C(=C(/O)c4ccccc4)[C@@H]3c3ccc(F)cc3)sc2c1. The molecule has 0 unspecified atom stereocenters. The Labute approximate surface area is 193 Å². The molecular weight excluding hydrogens is 439 g/mol. The molecule has 0 aliphatic carbocycles. The first-order valence-electron chi connectivity index (χ1n) is 10.3. The number of hydrogen-bond donors (Lipinski definition) is 1. The van der Waals surface area contributed by atoms with Gasteiger partial charge in [-0.05, 0) is 48.7 Å². The molecule has 0 radical (unpaired) electrons. The van der Waals surface area contributed by atoms with Crippen molar-refractivity contribution in [1.29, 1.82) is 0 Å². The first kappa shape index (κ1) is 21.0. The number of aliphatic hydroxyl groups is 1. The number of ketones is 1. The van der Waals surface area contributed by atoms with E-state index in [1.807, 2.05) is 26.0 Å². The van der Waals surface area contributed by atoms with Gasteiger partial charge in [0.1, 0.15) is 11.6 Å². The Bertz CT molecular complexity index is 1440. The molecule has 1 aliphatic rings. The number of anilines is 1. The summed E-state index contributed by atoms with van der Waals surface area (Å²) in [6.45, 7) is 3.93. The topological polar surface area (TPSA) is 70.5 Å². The van der Waals surface area contributed by atoms with Crippen LogP contribution in [0.1, 0.15) is 28.3 Å². The third-order valence-electron chi connectivity index (χ3n) is 5.70. The second-order valence-electron chi connectivity index (χ2n) is 8.01. The zero-order valence-corrected chi connectivity index (χ0v) is 18.7. The van der Waals surface area contributed by atoms with Crippen molar-refractivity contribution < 1.29 is 19.1 Å². The van der Waals surface area contributed by atoms with Gasteiger partial charge in [-0.25, -0.2) is 9.37 Å². The average molecular weight is 459 g/mol. The van der Waals surface area contributed by atoms with Gasteiger partial charge in [-0.15, -0.1) is 0 Å². The van der Waals surface area contributed by atoms with Crippen molar-refractivity contribution in [1.82, 2.24) is 4.98 Å². The van der Waals surface area contributed by atoms with Gasteiger partial charge < -0.3 is 5.11 Å². The number of amides is 1. The highest BCUT2D eigenvalue weighted by atomic mass is 32.1. The number of carbonyl (C=O) groups excluding carboxylic acids is 2. The molecule has 2 heterocycles. The maximum Gasteiger partial charge on any atom is 0.301 e. The zero-order chi connectivity index (χ0) is 23.3. The smallest absolute Gasteiger partial charge is 0.301 e. The molecular formula is C26H19FN2O3S. The minimum Gasteiger partial charge on any atom is -0.507 e. The van der Waals surface area contributed by atoms with E-state index in [1.54, 1.807) is 30.3 Å². The molecule has 0 saturated carbocycles. The number of benzene rings is 3. The first-order valence-corrected chi connectivity index (χ1v) is 11.2. The predicted molar refractivity (Wildman–Crippen MR) is 127 cm³/mol. The molecule has 1 aromatic heterocycles. The lowest BCUT2D eigenvalue weighted by atomic mass is 9.95. The Kier molecular flexibility index (Phi) is 5.06. The van der Waals surface area contributed by atoms with Crippen LogP contribution >= 0.6 is 11.3 Å². The number of aromatic nitrogens is 1. The standard InChI is InChI=1S/C26H19FN2O3S/c1-14-12-15(2)21-19(13-14)33-26(28-21)29-22(16-8-10-18(27)11-9-16)20(24(31)25(29)32)23(30)17-6-4-3-5-7-17/h3-13,22,30H,1-2H3/b23-20+/t22-/m0/s1. The van der Waals surface area contributed by atoms with E-state index in [1.165, 1.54) is 40.5 Å². The van der Waals surface area contributed by atoms with E-state index in [2.05, 4.69) is 4.98 Å².